The number of imide groups is 1. The molecule has 1 heterocycles. The second kappa shape index (κ2) is 6.91. The highest BCUT2D eigenvalue weighted by Gasteiger charge is 2.38. The van der Waals surface area contributed by atoms with E-state index < -0.39 is 12.1 Å². The van der Waals surface area contributed by atoms with Crippen LogP contribution in [0.4, 0.5) is 4.79 Å². The molecule has 2 rings (SSSR count). The Kier molecular flexibility index (Phi) is 5.20. The number of hydrogen-bond donors (Lipinski definition) is 2. The molecule has 2 aliphatic rings. The summed E-state index contributed by atoms with van der Waals surface area (Å²) in [5.74, 6) is -0.0678. The summed E-state index contributed by atoms with van der Waals surface area (Å²) < 4.78 is 0. The van der Waals surface area contributed by atoms with Gasteiger partial charge in [-0.05, 0) is 25.2 Å². The summed E-state index contributed by atoms with van der Waals surface area (Å²) in [5.41, 5.74) is 0. The van der Waals surface area contributed by atoms with Crippen molar-refractivity contribution in [2.75, 3.05) is 6.54 Å². The first kappa shape index (κ1) is 15.8. The van der Waals surface area contributed by atoms with Gasteiger partial charge >= 0.3 is 6.03 Å². The zero-order valence-corrected chi connectivity index (χ0v) is 12.9. The number of carbonyl (C=O) groups is 3. The van der Waals surface area contributed by atoms with Gasteiger partial charge in [-0.3, -0.25) is 14.5 Å². The molecule has 0 bridgehead atoms. The maximum atomic E-state index is 12.1. The fourth-order valence-electron chi connectivity index (χ4n) is 3.14. The first-order valence-electron chi connectivity index (χ1n) is 7.94. The van der Waals surface area contributed by atoms with Gasteiger partial charge in [0.05, 0.1) is 0 Å². The fourth-order valence-corrected chi connectivity index (χ4v) is 3.14. The summed E-state index contributed by atoms with van der Waals surface area (Å²) >= 11 is 0. The Hall–Kier alpha value is -1.59. The molecule has 0 aromatic rings. The van der Waals surface area contributed by atoms with Crippen LogP contribution in [0.15, 0.2) is 0 Å². The molecule has 1 aliphatic carbocycles. The summed E-state index contributed by atoms with van der Waals surface area (Å²) in [7, 11) is 0. The highest BCUT2D eigenvalue weighted by molar-refractivity contribution is 6.06. The summed E-state index contributed by atoms with van der Waals surface area (Å²) in [6, 6.07) is -0.757. The highest BCUT2D eigenvalue weighted by atomic mass is 16.2. The van der Waals surface area contributed by atoms with Gasteiger partial charge < -0.3 is 10.6 Å². The molecule has 3 unspecified atom stereocenters. The zero-order valence-electron chi connectivity index (χ0n) is 12.9. The van der Waals surface area contributed by atoms with Crippen molar-refractivity contribution in [2.45, 2.75) is 64.5 Å². The molecule has 0 aromatic heterocycles. The lowest BCUT2D eigenvalue weighted by Crippen LogP contribution is -2.47. The van der Waals surface area contributed by atoms with E-state index in [1.165, 1.54) is 6.42 Å². The van der Waals surface area contributed by atoms with Crippen LogP contribution in [-0.2, 0) is 9.59 Å². The van der Waals surface area contributed by atoms with Gasteiger partial charge in [-0.25, -0.2) is 4.79 Å². The topological polar surface area (TPSA) is 78.5 Å². The molecule has 2 fully saturated rings. The van der Waals surface area contributed by atoms with Crippen molar-refractivity contribution in [3.05, 3.63) is 0 Å². The number of urea groups is 1. The molecule has 118 valence electrons. The number of nitrogens with zero attached hydrogens (tertiary/aromatic N) is 1. The SMILES string of the molecule is CCCC1NC(=O)N(CC(=O)NC2CCCCC2C)C1=O. The van der Waals surface area contributed by atoms with E-state index in [9.17, 15) is 14.4 Å². The normalized spacial score (nSPS) is 29.4. The van der Waals surface area contributed by atoms with Crippen LogP contribution in [0.3, 0.4) is 0 Å². The van der Waals surface area contributed by atoms with Crippen molar-refractivity contribution in [2.24, 2.45) is 5.92 Å². The molecule has 1 aliphatic heterocycles. The molecule has 2 N–H and O–H groups in total. The number of amides is 4. The minimum Gasteiger partial charge on any atom is -0.352 e. The third-order valence-corrected chi connectivity index (χ3v) is 4.44. The van der Waals surface area contributed by atoms with Crippen LogP contribution >= 0.6 is 0 Å². The predicted molar refractivity (Wildman–Crippen MR) is 78.5 cm³/mol. The standard InChI is InChI=1S/C15H25N3O3/c1-3-6-12-14(20)18(15(21)17-12)9-13(19)16-11-8-5-4-7-10(11)2/h10-12H,3-9H2,1-2H3,(H,16,19)(H,17,21). The molecule has 1 saturated carbocycles. The smallest absolute Gasteiger partial charge is 0.325 e. The van der Waals surface area contributed by atoms with E-state index >= 15 is 0 Å². The second-order valence-corrected chi connectivity index (χ2v) is 6.15. The maximum Gasteiger partial charge on any atom is 0.325 e. The molecule has 3 atom stereocenters. The average Bonchev–Trinajstić information content (AvgIpc) is 2.70. The van der Waals surface area contributed by atoms with Crippen LogP contribution in [0.25, 0.3) is 0 Å². The fraction of sp³-hybridized carbons (Fsp3) is 0.800. The van der Waals surface area contributed by atoms with Crippen molar-refractivity contribution in [1.82, 2.24) is 15.5 Å². The Balaban J connectivity index is 1.87. The quantitative estimate of drug-likeness (QED) is 0.753. The molecule has 0 spiro atoms. The van der Waals surface area contributed by atoms with Crippen LogP contribution < -0.4 is 10.6 Å². The lowest BCUT2D eigenvalue weighted by Gasteiger charge is -2.29. The van der Waals surface area contributed by atoms with E-state index in [0.717, 1.165) is 30.6 Å². The van der Waals surface area contributed by atoms with Gasteiger partial charge in [-0.2, -0.15) is 0 Å². The molecule has 0 aromatic carbocycles. The van der Waals surface area contributed by atoms with Crippen LogP contribution in [0, 0.1) is 5.92 Å². The van der Waals surface area contributed by atoms with Crippen molar-refractivity contribution in [3.63, 3.8) is 0 Å². The van der Waals surface area contributed by atoms with E-state index in [0.29, 0.717) is 12.3 Å². The number of nitrogens with one attached hydrogen (secondary N) is 2. The van der Waals surface area contributed by atoms with Crippen LogP contribution in [0.5, 0.6) is 0 Å². The number of hydrogen-bond acceptors (Lipinski definition) is 3. The van der Waals surface area contributed by atoms with Gasteiger partial charge in [0.15, 0.2) is 0 Å². The Morgan fingerprint density at radius 2 is 2.05 bits per heavy atom. The van der Waals surface area contributed by atoms with E-state index in [4.69, 9.17) is 0 Å². The summed E-state index contributed by atoms with van der Waals surface area (Å²) in [6.07, 6.45) is 5.85. The molecule has 4 amide bonds. The molecule has 6 heteroatoms. The van der Waals surface area contributed by atoms with Crippen molar-refractivity contribution < 1.29 is 14.4 Å². The first-order valence-corrected chi connectivity index (χ1v) is 7.94. The first-order chi connectivity index (χ1) is 10.0. The third kappa shape index (κ3) is 3.74. The minimum atomic E-state index is -0.469. The average molecular weight is 295 g/mol. The number of rotatable bonds is 5. The minimum absolute atomic E-state index is 0.165. The largest absolute Gasteiger partial charge is 0.352 e. The molecule has 6 nitrogen and oxygen atoms in total. The molecule has 21 heavy (non-hydrogen) atoms. The Labute approximate surface area is 125 Å². The van der Waals surface area contributed by atoms with E-state index in [2.05, 4.69) is 17.6 Å². The highest BCUT2D eigenvalue weighted by Crippen LogP contribution is 2.23. The Morgan fingerprint density at radius 1 is 1.33 bits per heavy atom. The van der Waals surface area contributed by atoms with E-state index in [-0.39, 0.29) is 24.4 Å². The van der Waals surface area contributed by atoms with Gasteiger partial charge in [0, 0.05) is 6.04 Å². The van der Waals surface area contributed by atoms with Gasteiger partial charge in [0.2, 0.25) is 5.91 Å². The van der Waals surface area contributed by atoms with Crippen LogP contribution in [-0.4, -0.2) is 41.4 Å². The van der Waals surface area contributed by atoms with Crippen molar-refractivity contribution in [3.8, 4) is 0 Å². The maximum absolute atomic E-state index is 12.1. The Bertz CT molecular complexity index is 424. The van der Waals surface area contributed by atoms with Crippen LogP contribution in [0.1, 0.15) is 52.4 Å². The summed E-state index contributed by atoms with van der Waals surface area (Å²) in [5, 5.41) is 5.60. The molecule has 1 saturated heterocycles. The predicted octanol–water partition coefficient (Wildman–Crippen LogP) is 1.40. The summed E-state index contributed by atoms with van der Waals surface area (Å²) in [4.78, 5) is 37.0. The Morgan fingerprint density at radius 3 is 2.71 bits per heavy atom. The van der Waals surface area contributed by atoms with Crippen LogP contribution in [0.2, 0.25) is 0 Å². The van der Waals surface area contributed by atoms with Crippen molar-refractivity contribution >= 4 is 17.8 Å². The zero-order chi connectivity index (χ0) is 15.4. The third-order valence-electron chi connectivity index (χ3n) is 4.44. The van der Waals surface area contributed by atoms with Gasteiger partial charge in [-0.15, -0.1) is 0 Å². The number of carbonyl (C=O) groups excluding carboxylic acids is 3. The molecular weight excluding hydrogens is 270 g/mol. The second-order valence-electron chi connectivity index (χ2n) is 6.15. The van der Waals surface area contributed by atoms with E-state index in [1.54, 1.807) is 0 Å². The lowest BCUT2D eigenvalue weighted by molar-refractivity contribution is -0.132. The summed E-state index contributed by atoms with van der Waals surface area (Å²) in [6.45, 7) is 3.92. The lowest BCUT2D eigenvalue weighted by atomic mass is 9.86. The molecular formula is C15H25N3O3. The van der Waals surface area contributed by atoms with E-state index in [1.807, 2.05) is 6.92 Å². The van der Waals surface area contributed by atoms with Crippen molar-refractivity contribution in [1.29, 1.82) is 0 Å². The van der Waals surface area contributed by atoms with Gasteiger partial charge in [-0.1, -0.05) is 33.1 Å². The van der Waals surface area contributed by atoms with Gasteiger partial charge in [0.25, 0.3) is 5.91 Å². The van der Waals surface area contributed by atoms with Gasteiger partial charge in [0.1, 0.15) is 12.6 Å². The monoisotopic (exact) mass is 295 g/mol. The molecule has 0 radical (unpaired) electrons.